The molecule has 0 aromatic carbocycles. The predicted molar refractivity (Wildman–Crippen MR) is 109 cm³/mol. The van der Waals surface area contributed by atoms with Crippen LogP contribution in [0.3, 0.4) is 0 Å². The number of carbonyl (C=O) groups excluding carboxylic acids is 1. The van der Waals surface area contributed by atoms with E-state index in [2.05, 4.69) is 42.6 Å². The highest BCUT2D eigenvalue weighted by atomic mass is 16.2. The van der Waals surface area contributed by atoms with Gasteiger partial charge in [-0.05, 0) is 42.7 Å². The molecule has 6 rings (SSSR count). The van der Waals surface area contributed by atoms with Gasteiger partial charge in [-0.25, -0.2) is 14.6 Å². The largest absolute Gasteiger partial charge is 0.356 e. The van der Waals surface area contributed by atoms with Crippen molar-refractivity contribution in [2.45, 2.75) is 31.8 Å². The van der Waals surface area contributed by atoms with Crippen LogP contribution >= 0.6 is 0 Å². The van der Waals surface area contributed by atoms with Gasteiger partial charge in [0.1, 0.15) is 5.82 Å². The fraction of sp³-hybridized carbons (Fsp3) is 0.476. The number of amides is 1. The summed E-state index contributed by atoms with van der Waals surface area (Å²) in [4.78, 5) is 24.0. The number of imidazole rings is 1. The van der Waals surface area contributed by atoms with Crippen LogP contribution in [0.15, 0.2) is 30.9 Å². The lowest BCUT2D eigenvalue weighted by molar-refractivity contribution is 0.0931. The molecule has 154 valence electrons. The van der Waals surface area contributed by atoms with Crippen molar-refractivity contribution in [2.75, 3.05) is 18.0 Å². The van der Waals surface area contributed by atoms with Gasteiger partial charge in [-0.2, -0.15) is 0 Å². The number of hydrogen-bond donors (Lipinski definition) is 1. The van der Waals surface area contributed by atoms with Gasteiger partial charge in [0.2, 0.25) is 0 Å². The first kappa shape index (κ1) is 17.6. The molecule has 0 bridgehead atoms. The van der Waals surface area contributed by atoms with E-state index in [1.807, 2.05) is 17.8 Å². The SMILES string of the molecule is Cn1cnc2c1CC[C@H]2NC(=O)c1cn(Cc2ccc(N3CC4CC4C3)nc2)nn1. The third-order valence-electron chi connectivity index (χ3n) is 6.62. The molecule has 2 unspecified atom stereocenters. The Balaban J connectivity index is 1.09. The molecule has 0 radical (unpaired) electrons. The van der Waals surface area contributed by atoms with E-state index in [0.29, 0.717) is 12.2 Å². The van der Waals surface area contributed by atoms with Crippen molar-refractivity contribution in [1.29, 1.82) is 0 Å². The van der Waals surface area contributed by atoms with Gasteiger partial charge in [0.15, 0.2) is 5.69 Å². The van der Waals surface area contributed by atoms with Gasteiger partial charge in [-0.15, -0.1) is 5.10 Å². The van der Waals surface area contributed by atoms with E-state index in [-0.39, 0.29) is 11.9 Å². The number of anilines is 1. The van der Waals surface area contributed by atoms with Gasteiger partial charge in [0.25, 0.3) is 5.91 Å². The van der Waals surface area contributed by atoms with Crippen molar-refractivity contribution in [3.63, 3.8) is 0 Å². The predicted octanol–water partition coefficient (Wildman–Crippen LogP) is 1.33. The first-order chi connectivity index (χ1) is 14.6. The number of nitrogens with one attached hydrogen (secondary N) is 1. The zero-order valence-electron chi connectivity index (χ0n) is 16.9. The molecule has 0 spiro atoms. The lowest BCUT2D eigenvalue weighted by atomic mass is 10.2. The monoisotopic (exact) mass is 404 g/mol. The Morgan fingerprint density at radius 1 is 1.23 bits per heavy atom. The van der Waals surface area contributed by atoms with Crippen LogP contribution in [-0.2, 0) is 20.0 Å². The highest BCUT2D eigenvalue weighted by Gasteiger charge is 2.45. The molecular weight excluding hydrogens is 380 g/mol. The van der Waals surface area contributed by atoms with Crippen LogP contribution in [0.1, 0.15) is 46.3 Å². The second-order valence-corrected chi connectivity index (χ2v) is 8.74. The molecule has 3 aliphatic rings. The number of carbonyl (C=O) groups is 1. The van der Waals surface area contributed by atoms with Crippen molar-refractivity contribution >= 4 is 11.7 Å². The van der Waals surface area contributed by atoms with Crippen molar-refractivity contribution in [3.8, 4) is 0 Å². The molecule has 2 fully saturated rings. The fourth-order valence-electron chi connectivity index (χ4n) is 4.81. The molecule has 1 aliphatic heterocycles. The third kappa shape index (κ3) is 3.05. The maximum atomic E-state index is 12.6. The maximum Gasteiger partial charge on any atom is 0.274 e. The standard InChI is InChI=1S/C21H24N8O/c1-27-12-23-20-16(3-4-18(20)27)24-21(30)17-11-29(26-25-17)8-13-2-5-19(22-7-13)28-9-14-6-15(14)10-28/h2,5,7,11-12,14-16H,3-4,6,8-10H2,1H3,(H,24,30)/t14?,15?,16-/m1/s1. The second-order valence-electron chi connectivity index (χ2n) is 8.74. The minimum atomic E-state index is -0.217. The highest BCUT2D eigenvalue weighted by molar-refractivity contribution is 5.92. The van der Waals surface area contributed by atoms with E-state index in [0.717, 1.165) is 54.8 Å². The Bertz CT molecular complexity index is 1090. The van der Waals surface area contributed by atoms with E-state index in [4.69, 9.17) is 0 Å². The van der Waals surface area contributed by atoms with Crippen LogP contribution < -0.4 is 10.2 Å². The summed E-state index contributed by atoms with van der Waals surface area (Å²) in [6.07, 6.45) is 8.55. The number of aromatic nitrogens is 6. The molecule has 1 saturated heterocycles. The normalized spacial score (nSPS) is 24.0. The Labute approximate surface area is 174 Å². The summed E-state index contributed by atoms with van der Waals surface area (Å²) in [5.74, 6) is 2.61. The van der Waals surface area contributed by atoms with E-state index in [9.17, 15) is 4.79 Å². The van der Waals surface area contributed by atoms with Crippen LogP contribution in [0.4, 0.5) is 5.82 Å². The molecule has 9 nitrogen and oxygen atoms in total. The molecule has 3 aromatic rings. The molecule has 1 N–H and O–H groups in total. The lowest BCUT2D eigenvalue weighted by Crippen LogP contribution is -2.27. The topological polar surface area (TPSA) is 93.8 Å². The molecule has 2 aliphatic carbocycles. The molecular formula is C21H24N8O. The number of nitrogens with zero attached hydrogens (tertiary/aromatic N) is 7. The zero-order chi connectivity index (χ0) is 20.2. The molecule has 1 saturated carbocycles. The van der Waals surface area contributed by atoms with Crippen LogP contribution in [0.2, 0.25) is 0 Å². The van der Waals surface area contributed by atoms with Gasteiger partial charge in [-0.1, -0.05) is 11.3 Å². The summed E-state index contributed by atoms with van der Waals surface area (Å²) >= 11 is 0. The number of rotatable bonds is 5. The van der Waals surface area contributed by atoms with E-state index in [1.165, 1.54) is 12.1 Å². The molecule has 1 amide bonds. The van der Waals surface area contributed by atoms with Crippen LogP contribution in [-0.4, -0.2) is 48.5 Å². The average Bonchev–Trinajstić information content (AvgIpc) is 3.21. The smallest absolute Gasteiger partial charge is 0.274 e. The minimum Gasteiger partial charge on any atom is -0.356 e. The number of piperidine rings is 1. The summed E-state index contributed by atoms with van der Waals surface area (Å²) in [5, 5.41) is 11.2. The van der Waals surface area contributed by atoms with Gasteiger partial charge in [-0.3, -0.25) is 4.79 Å². The van der Waals surface area contributed by atoms with Crippen LogP contribution in [0, 0.1) is 11.8 Å². The summed E-state index contributed by atoms with van der Waals surface area (Å²) in [6.45, 7) is 2.81. The lowest BCUT2D eigenvalue weighted by Gasteiger charge is -2.18. The molecule has 3 aromatic heterocycles. The minimum absolute atomic E-state index is 0.0628. The molecule has 3 atom stereocenters. The van der Waals surface area contributed by atoms with Crippen molar-refractivity contribution in [1.82, 2.24) is 34.8 Å². The van der Waals surface area contributed by atoms with Crippen LogP contribution in [0.5, 0.6) is 0 Å². The van der Waals surface area contributed by atoms with Crippen molar-refractivity contribution < 1.29 is 4.79 Å². The molecule has 9 heteroatoms. The quantitative estimate of drug-likeness (QED) is 0.690. The Morgan fingerprint density at radius 3 is 2.90 bits per heavy atom. The number of aryl methyl sites for hydroxylation is 1. The Kier molecular flexibility index (Phi) is 3.90. The third-order valence-corrected chi connectivity index (χ3v) is 6.62. The zero-order valence-corrected chi connectivity index (χ0v) is 16.9. The van der Waals surface area contributed by atoms with Gasteiger partial charge < -0.3 is 14.8 Å². The van der Waals surface area contributed by atoms with Crippen LogP contribution in [0.25, 0.3) is 0 Å². The average molecular weight is 404 g/mol. The van der Waals surface area contributed by atoms with Crippen molar-refractivity contribution in [3.05, 3.63) is 53.5 Å². The second kappa shape index (κ2) is 6.65. The van der Waals surface area contributed by atoms with E-state index in [1.54, 1.807) is 17.2 Å². The Hall–Kier alpha value is -3.23. The van der Waals surface area contributed by atoms with Gasteiger partial charge in [0, 0.05) is 32.0 Å². The van der Waals surface area contributed by atoms with E-state index < -0.39 is 0 Å². The van der Waals surface area contributed by atoms with Gasteiger partial charge in [0.05, 0.1) is 30.8 Å². The Morgan fingerprint density at radius 2 is 2.10 bits per heavy atom. The van der Waals surface area contributed by atoms with Crippen molar-refractivity contribution in [2.24, 2.45) is 18.9 Å². The maximum absolute atomic E-state index is 12.6. The number of pyridine rings is 1. The molecule has 4 heterocycles. The summed E-state index contributed by atoms with van der Waals surface area (Å²) in [6, 6.07) is 4.09. The van der Waals surface area contributed by atoms with E-state index >= 15 is 0 Å². The fourth-order valence-corrected chi connectivity index (χ4v) is 4.81. The molecule has 30 heavy (non-hydrogen) atoms. The first-order valence-corrected chi connectivity index (χ1v) is 10.5. The van der Waals surface area contributed by atoms with Gasteiger partial charge >= 0.3 is 0 Å². The highest BCUT2D eigenvalue weighted by Crippen LogP contribution is 2.45. The summed E-state index contributed by atoms with van der Waals surface area (Å²) in [7, 11) is 1.98. The number of hydrogen-bond acceptors (Lipinski definition) is 6. The first-order valence-electron chi connectivity index (χ1n) is 10.5. The number of fused-ring (bicyclic) bond motifs is 2. The summed E-state index contributed by atoms with van der Waals surface area (Å²) < 4.78 is 3.70. The summed E-state index contributed by atoms with van der Waals surface area (Å²) in [5.41, 5.74) is 3.50.